The predicted octanol–water partition coefficient (Wildman–Crippen LogP) is 3.39. The van der Waals surface area contributed by atoms with Gasteiger partial charge in [0.2, 0.25) is 0 Å². The van der Waals surface area contributed by atoms with Crippen molar-refractivity contribution >= 4 is 28.8 Å². The molecule has 0 saturated heterocycles. The molecule has 22 heavy (non-hydrogen) atoms. The lowest BCUT2D eigenvalue weighted by Gasteiger charge is -2.03. The molecule has 2 heterocycles. The topological polar surface area (TPSA) is 47.2 Å². The molecule has 1 aromatic carbocycles. The van der Waals surface area contributed by atoms with Crippen molar-refractivity contribution in [2.45, 2.75) is 6.54 Å². The van der Waals surface area contributed by atoms with Crippen molar-refractivity contribution in [3.05, 3.63) is 81.3 Å². The van der Waals surface area contributed by atoms with Crippen LogP contribution in [0.1, 0.15) is 15.9 Å². The third kappa shape index (κ3) is 3.50. The fraction of sp³-hybridized carbons (Fsp3) is 0.0625. The highest BCUT2D eigenvalue weighted by Gasteiger charge is 2.04. The van der Waals surface area contributed by atoms with Gasteiger partial charge in [0, 0.05) is 23.3 Å². The number of hydrogen-bond donors (Lipinski definition) is 0. The molecule has 6 heteroatoms. The molecular weight excluding hydrogens is 318 g/mol. The van der Waals surface area contributed by atoms with E-state index in [0.717, 1.165) is 5.56 Å². The van der Waals surface area contributed by atoms with Crippen LogP contribution in [0.25, 0.3) is 0 Å². The molecule has 3 rings (SSSR count). The summed E-state index contributed by atoms with van der Waals surface area (Å²) in [7, 11) is 0. The molecule has 0 atom stereocenters. The highest BCUT2D eigenvalue weighted by Crippen LogP contribution is 2.07. The van der Waals surface area contributed by atoms with Gasteiger partial charge in [-0.15, -0.1) is 11.3 Å². The van der Waals surface area contributed by atoms with Crippen molar-refractivity contribution in [1.82, 2.24) is 9.55 Å². The van der Waals surface area contributed by atoms with Gasteiger partial charge in [0.1, 0.15) is 5.15 Å². The first-order valence-corrected chi connectivity index (χ1v) is 7.86. The zero-order chi connectivity index (χ0) is 15.4. The second-order valence-corrected chi connectivity index (χ2v) is 5.85. The van der Waals surface area contributed by atoms with Crippen LogP contribution in [0.3, 0.4) is 0 Å². The predicted molar refractivity (Wildman–Crippen MR) is 87.0 cm³/mol. The third-order valence-electron chi connectivity index (χ3n) is 3.02. The Morgan fingerprint density at radius 2 is 2.05 bits per heavy atom. The van der Waals surface area contributed by atoms with Gasteiger partial charge in [0.15, 0.2) is 4.80 Å². The highest BCUT2D eigenvalue weighted by molar-refractivity contribution is 7.07. The molecule has 0 fully saturated rings. The zero-order valence-corrected chi connectivity index (χ0v) is 13.1. The lowest BCUT2D eigenvalue weighted by molar-refractivity contribution is 0.0998. The molecule has 0 saturated carbocycles. The van der Waals surface area contributed by atoms with E-state index < -0.39 is 0 Å². The van der Waals surface area contributed by atoms with Gasteiger partial charge in [0.25, 0.3) is 5.91 Å². The van der Waals surface area contributed by atoms with E-state index in [1.165, 1.54) is 11.3 Å². The summed E-state index contributed by atoms with van der Waals surface area (Å²) in [4.78, 5) is 21.1. The van der Waals surface area contributed by atoms with Crippen molar-refractivity contribution in [2.24, 2.45) is 4.99 Å². The number of nitrogens with zero attached hydrogens (tertiary/aromatic N) is 3. The molecule has 0 radical (unpaired) electrons. The normalized spacial score (nSPS) is 11.6. The number of amides is 1. The Bertz CT molecular complexity index is 838. The van der Waals surface area contributed by atoms with Crippen LogP contribution in [0.2, 0.25) is 5.15 Å². The second kappa shape index (κ2) is 6.68. The number of halogens is 1. The monoisotopic (exact) mass is 329 g/mol. The summed E-state index contributed by atoms with van der Waals surface area (Å²) < 4.78 is 1.91. The minimum atomic E-state index is -0.244. The van der Waals surface area contributed by atoms with Gasteiger partial charge in [-0.05, 0) is 23.8 Å². The highest BCUT2D eigenvalue weighted by atomic mass is 35.5. The summed E-state index contributed by atoms with van der Waals surface area (Å²) in [6.45, 7) is 0.592. The average Bonchev–Trinajstić information content (AvgIpc) is 2.97. The van der Waals surface area contributed by atoms with E-state index in [1.54, 1.807) is 24.4 Å². The number of carbonyl (C=O) groups is 1. The van der Waals surface area contributed by atoms with Crippen molar-refractivity contribution in [1.29, 1.82) is 0 Å². The van der Waals surface area contributed by atoms with Crippen LogP contribution in [0, 0.1) is 0 Å². The summed E-state index contributed by atoms with van der Waals surface area (Å²) >= 11 is 7.21. The van der Waals surface area contributed by atoms with Crippen LogP contribution in [0.4, 0.5) is 0 Å². The summed E-state index contributed by atoms with van der Waals surface area (Å²) in [6, 6.07) is 12.7. The van der Waals surface area contributed by atoms with Crippen LogP contribution in [-0.4, -0.2) is 15.5 Å². The van der Waals surface area contributed by atoms with Crippen LogP contribution in [0.15, 0.2) is 65.2 Å². The molecule has 2 aromatic heterocycles. The molecular formula is C16H12ClN3OS. The molecule has 0 unspecified atom stereocenters. The second-order valence-electron chi connectivity index (χ2n) is 4.59. The Labute approximate surface area is 136 Å². The van der Waals surface area contributed by atoms with Gasteiger partial charge in [-0.1, -0.05) is 35.9 Å². The third-order valence-corrected chi connectivity index (χ3v) is 4.04. The smallest absolute Gasteiger partial charge is 0.279 e. The Balaban J connectivity index is 1.87. The molecule has 0 N–H and O–H groups in total. The summed E-state index contributed by atoms with van der Waals surface area (Å²) in [5.41, 5.74) is 1.58. The summed E-state index contributed by atoms with van der Waals surface area (Å²) in [5.74, 6) is -0.244. The van der Waals surface area contributed by atoms with Gasteiger partial charge in [-0.2, -0.15) is 4.99 Å². The number of aromatic nitrogens is 2. The van der Waals surface area contributed by atoms with E-state index in [4.69, 9.17) is 11.6 Å². The van der Waals surface area contributed by atoms with E-state index >= 15 is 0 Å². The van der Waals surface area contributed by atoms with Gasteiger partial charge >= 0.3 is 0 Å². The van der Waals surface area contributed by atoms with Crippen LogP contribution >= 0.6 is 22.9 Å². The lowest BCUT2D eigenvalue weighted by atomic mass is 10.2. The molecule has 0 spiro atoms. The standard InChI is InChI=1S/C16H12ClN3OS/c17-14-7-6-12(10-18-14)11-20-8-9-22-16(20)19-15(21)13-4-2-1-3-5-13/h1-10H,11H2. The summed E-state index contributed by atoms with van der Waals surface area (Å²) in [6.07, 6.45) is 3.62. The van der Waals surface area contributed by atoms with Crippen molar-refractivity contribution in [3.8, 4) is 0 Å². The Hall–Kier alpha value is -2.24. The fourth-order valence-electron chi connectivity index (χ4n) is 1.94. The number of benzene rings is 1. The van der Waals surface area contributed by atoms with Crippen LogP contribution < -0.4 is 4.80 Å². The van der Waals surface area contributed by atoms with E-state index in [2.05, 4.69) is 9.98 Å². The summed E-state index contributed by atoms with van der Waals surface area (Å²) in [5, 5.41) is 2.36. The minimum absolute atomic E-state index is 0.244. The Morgan fingerprint density at radius 1 is 1.23 bits per heavy atom. The quantitative estimate of drug-likeness (QED) is 0.691. The number of hydrogen-bond acceptors (Lipinski definition) is 3. The fourth-order valence-corrected chi connectivity index (χ4v) is 2.77. The maximum absolute atomic E-state index is 12.2. The lowest BCUT2D eigenvalue weighted by Crippen LogP contribution is -2.17. The molecule has 4 nitrogen and oxygen atoms in total. The van der Waals surface area contributed by atoms with Crippen LogP contribution in [-0.2, 0) is 6.54 Å². The molecule has 0 bridgehead atoms. The average molecular weight is 330 g/mol. The van der Waals surface area contributed by atoms with Gasteiger partial charge in [0.05, 0.1) is 6.54 Å². The number of pyridine rings is 1. The molecule has 1 amide bonds. The zero-order valence-electron chi connectivity index (χ0n) is 11.5. The molecule has 3 aromatic rings. The van der Waals surface area contributed by atoms with Crippen LogP contribution in [0.5, 0.6) is 0 Å². The first-order valence-electron chi connectivity index (χ1n) is 6.61. The Kier molecular flexibility index (Phi) is 4.46. The SMILES string of the molecule is O=C(N=c1sccn1Cc1ccc(Cl)nc1)c1ccccc1. The van der Waals surface area contributed by atoms with Gasteiger partial charge < -0.3 is 4.57 Å². The molecule has 0 aliphatic rings. The first-order chi connectivity index (χ1) is 10.7. The van der Waals surface area contributed by atoms with E-state index in [-0.39, 0.29) is 5.91 Å². The van der Waals surface area contributed by atoms with Crippen molar-refractivity contribution < 1.29 is 4.79 Å². The number of carbonyl (C=O) groups excluding carboxylic acids is 1. The Morgan fingerprint density at radius 3 is 2.77 bits per heavy atom. The minimum Gasteiger partial charge on any atom is -0.319 e. The largest absolute Gasteiger partial charge is 0.319 e. The molecule has 0 aliphatic carbocycles. The van der Waals surface area contributed by atoms with E-state index in [1.807, 2.05) is 40.4 Å². The van der Waals surface area contributed by atoms with Crippen molar-refractivity contribution in [2.75, 3.05) is 0 Å². The molecule has 0 aliphatic heterocycles. The van der Waals surface area contributed by atoms with E-state index in [9.17, 15) is 4.79 Å². The number of thiazole rings is 1. The maximum Gasteiger partial charge on any atom is 0.279 e. The maximum atomic E-state index is 12.2. The van der Waals surface area contributed by atoms with Gasteiger partial charge in [-0.3, -0.25) is 4.79 Å². The van der Waals surface area contributed by atoms with Crippen molar-refractivity contribution in [3.63, 3.8) is 0 Å². The first kappa shape index (κ1) is 14.7. The molecule has 110 valence electrons. The van der Waals surface area contributed by atoms with E-state index in [0.29, 0.717) is 22.1 Å². The number of rotatable bonds is 3. The van der Waals surface area contributed by atoms with Gasteiger partial charge in [-0.25, -0.2) is 4.98 Å².